The van der Waals surface area contributed by atoms with Gasteiger partial charge >= 0.3 is 0 Å². The minimum Gasteiger partial charge on any atom is -0.353 e. The Labute approximate surface area is 190 Å². The maximum atomic E-state index is 13.0. The van der Waals surface area contributed by atoms with Gasteiger partial charge in [0, 0.05) is 24.2 Å². The molecule has 2 aromatic carbocycles. The zero-order valence-corrected chi connectivity index (χ0v) is 19.9. The molecule has 1 aliphatic heterocycles. The van der Waals surface area contributed by atoms with Crippen molar-refractivity contribution in [3.63, 3.8) is 0 Å². The van der Waals surface area contributed by atoms with E-state index in [0.717, 1.165) is 6.42 Å². The molecule has 0 aromatic heterocycles. The standard InChI is InChI=1S/C24H31ClN2O3S/c1-18(16-24(2,3)20-9-5-4-6-10-20)26-23(28)19-8-7-15-27(17-19)31(29,30)22-13-11-21(25)12-14-22/h4-6,9-14,18-19H,7-8,15-17H2,1-3H3,(H,26,28)/t18-,19+/m1/s1. The predicted octanol–water partition coefficient (Wildman–Crippen LogP) is 4.61. The first-order chi connectivity index (χ1) is 14.6. The predicted molar refractivity (Wildman–Crippen MR) is 125 cm³/mol. The Kier molecular flexibility index (Phi) is 7.45. The third kappa shape index (κ3) is 5.88. The van der Waals surface area contributed by atoms with E-state index in [9.17, 15) is 13.2 Å². The Morgan fingerprint density at radius 1 is 1.16 bits per heavy atom. The molecule has 1 fully saturated rings. The van der Waals surface area contributed by atoms with Crippen LogP contribution in [0.4, 0.5) is 0 Å². The molecule has 1 amide bonds. The number of nitrogens with zero attached hydrogens (tertiary/aromatic N) is 1. The SMILES string of the molecule is C[C@H](CC(C)(C)c1ccccc1)NC(=O)[C@H]1CCCN(S(=O)(=O)c2ccc(Cl)cc2)C1. The van der Waals surface area contributed by atoms with Crippen molar-refractivity contribution in [2.75, 3.05) is 13.1 Å². The van der Waals surface area contributed by atoms with Crippen LogP contribution in [0.1, 0.15) is 45.6 Å². The number of amides is 1. The highest BCUT2D eigenvalue weighted by Gasteiger charge is 2.34. The summed E-state index contributed by atoms with van der Waals surface area (Å²) in [5, 5.41) is 3.61. The van der Waals surface area contributed by atoms with Crippen LogP contribution in [0, 0.1) is 5.92 Å². The van der Waals surface area contributed by atoms with Gasteiger partial charge in [0.25, 0.3) is 0 Å². The first-order valence-electron chi connectivity index (χ1n) is 10.7. The molecule has 1 aliphatic rings. The Bertz CT molecular complexity index is 991. The highest BCUT2D eigenvalue weighted by molar-refractivity contribution is 7.89. The molecule has 0 bridgehead atoms. The summed E-state index contributed by atoms with van der Waals surface area (Å²) in [6, 6.07) is 16.4. The van der Waals surface area contributed by atoms with Gasteiger partial charge in [-0.1, -0.05) is 55.8 Å². The topological polar surface area (TPSA) is 66.5 Å². The van der Waals surface area contributed by atoms with Crippen molar-refractivity contribution in [1.29, 1.82) is 0 Å². The Morgan fingerprint density at radius 3 is 2.45 bits per heavy atom. The maximum absolute atomic E-state index is 13.0. The second-order valence-corrected chi connectivity index (χ2v) is 11.4. The molecule has 1 saturated heterocycles. The second kappa shape index (κ2) is 9.72. The fourth-order valence-corrected chi connectivity index (χ4v) is 5.96. The number of nitrogens with one attached hydrogen (secondary N) is 1. The lowest BCUT2D eigenvalue weighted by Crippen LogP contribution is -2.47. The molecule has 0 radical (unpaired) electrons. The molecule has 0 unspecified atom stereocenters. The molecule has 31 heavy (non-hydrogen) atoms. The van der Waals surface area contributed by atoms with Gasteiger partial charge in [0.05, 0.1) is 10.8 Å². The first kappa shape index (κ1) is 23.8. The van der Waals surface area contributed by atoms with E-state index in [-0.39, 0.29) is 34.7 Å². The van der Waals surface area contributed by atoms with Crippen LogP contribution in [0.5, 0.6) is 0 Å². The Morgan fingerprint density at radius 2 is 1.81 bits per heavy atom. The van der Waals surface area contributed by atoms with Crippen molar-refractivity contribution < 1.29 is 13.2 Å². The number of rotatable bonds is 7. The number of benzene rings is 2. The summed E-state index contributed by atoms with van der Waals surface area (Å²) in [6.07, 6.45) is 2.14. The lowest BCUT2D eigenvalue weighted by atomic mass is 9.79. The first-order valence-corrected chi connectivity index (χ1v) is 12.5. The largest absolute Gasteiger partial charge is 0.353 e. The summed E-state index contributed by atoms with van der Waals surface area (Å²) in [4.78, 5) is 13.1. The minimum atomic E-state index is -3.64. The molecule has 1 N–H and O–H groups in total. The van der Waals surface area contributed by atoms with E-state index in [4.69, 9.17) is 11.6 Å². The lowest BCUT2D eigenvalue weighted by molar-refractivity contribution is -0.126. The van der Waals surface area contributed by atoms with Crippen LogP contribution in [0.3, 0.4) is 0 Å². The third-order valence-corrected chi connectivity index (χ3v) is 8.10. The van der Waals surface area contributed by atoms with E-state index in [1.807, 2.05) is 25.1 Å². The van der Waals surface area contributed by atoms with Crippen LogP contribution in [-0.4, -0.2) is 37.8 Å². The summed E-state index contributed by atoms with van der Waals surface area (Å²) in [6.45, 7) is 6.97. The van der Waals surface area contributed by atoms with Crippen LogP contribution in [0.25, 0.3) is 0 Å². The number of sulfonamides is 1. The molecule has 1 heterocycles. The summed E-state index contributed by atoms with van der Waals surface area (Å²) in [5.41, 5.74) is 1.15. The van der Waals surface area contributed by atoms with Crippen molar-refractivity contribution >= 4 is 27.5 Å². The van der Waals surface area contributed by atoms with E-state index in [1.165, 1.54) is 22.0 Å². The Hall–Kier alpha value is -1.89. The lowest BCUT2D eigenvalue weighted by Gasteiger charge is -2.33. The van der Waals surface area contributed by atoms with Crippen LogP contribution < -0.4 is 5.32 Å². The van der Waals surface area contributed by atoms with E-state index in [1.54, 1.807) is 12.1 Å². The number of hydrogen-bond acceptors (Lipinski definition) is 3. The average Bonchev–Trinajstić information content (AvgIpc) is 2.74. The van der Waals surface area contributed by atoms with Gasteiger partial charge in [0.1, 0.15) is 0 Å². The van der Waals surface area contributed by atoms with Gasteiger partial charge in [-0.15, -0.1) is 0 Å². The van der Waals surface area contributed by atoms with Crippen molar-refractivity contribution in [2.45, 2.75) is 56.4 Å². The van der Waals surface area contributed by atoms with Gasteiger partial charge < -0.3 is 5.32 Å². The quantitative estimate of drug-likeness (QED) is 0.653. The molecule has 7 heteroatoms. The third-order valence-electron chi connectivity index (χ3n) is 5.97. The smallest absolute Gasteiger partial charge is 0.243 e. The number of carbonyl (C=O) groups is 1. The Balaban J connectivity index is 1.62. The highest BCUT2D eigenvalue weighted by Crippen LogP contribution is 2.29. The molecule has 168 valence electrons. The molecule has 0 saturated carbocycles. The van der Waals surface area contributed by atoms with E-state index in [0.29, 0.717) is 24.4 Å². The molecule has 5 nitrogen and oxygen atoms in total. The highest BCUT2D eigenvalue weighted by atomic mass is 35.5. The van der Waals surface area contributed by atoms with Crippen molar-refractivity contribution in [1.82, 2.24) is 9.62 Å². The summed E-state index contributed by atoms with van der Waals surface area (Å²) < 4.78 is 27.4. The summed E-state index contributed by atoms with van der Waals surface area (Å²) in [7, 11) is -3.64. The molecule has 3 rings (SSSR count). The summed E-state index contributed by atoms with van der Waals surface area (Å²) >= 11 is 5.88. The van der Waals surface area contributed by atoms with Crippen LogP contribution in [0.15, 0.2) is 59.5 Å². The van der Waals surface area contributed by atoms with E-state index >= 15 is 0 Å². The van der Waals surface area contributed by atoms with E-state index < -0.39 is 10.0 Å². The zero-order valence-electron chi connectivity index (χ0n) is 18.3. The normalized spacial score (nSPS) is 19.0. The van der Waals surface area contributed by atoms with Crippen LogP contribution >= 0.6 is 11.6 Å². The van der Waals surface area contributed by atoms with Crippen molar-refractivity contribution in [3.05, 3.63) is 65.2 Å². The number of piperidine rings is 1. The zero-order chi connectivity index (χ0) is 22.6. The van der Waals surface area contributed by atoms with Crippen LogP contribution in [-0.2, 0) is 20.2 Å². The number of carbonyl (C=O) groups excluding carboxylic acids is 1. The van der Waals surface area contributed by atoms with Gasteiger partial charge in [0.15, 0.2) is 0 Å². The molecule has 2 atom stereocenters. The van der Waals surface area contributed by atoms with Crippen LogP contribution in [0.2, 0.25) is 5.02 Å². The monoisotopic (exact) mass is 462 g/mol. The number of halogens is 1. The van der Waals surface area contributed by atoms with Gasteiger partial charge in [0.2, 0.25) is 15.9 Å². The molecular weight excluding hydrogens is 432 g/mol. The van der Waals surface area contributed by atoms with Crippen molar-refractivity contribution in [3.8, 4) is 0 Å². The number of hydrogen-bond donors (Lipinski definition) is 1. The summed E-state index contributed by atoms with van der Waals surface area (Å²) in [5.74, 6) is -0.425. The molecule has 0 aliphatic carbocycles. The van der Waals surface area contributed by atoms with Gasteiger partial charge in [-0.25, -0.2) is 8.42 Å². The maximum Gasteiger partial charge on any atom is 0.243 e. The van der Waals surface area contributed by atoms with Gasteiger partial charge in [-0.3, -0.25) is 4.79 Å². The average molecular weight is 463 g/mol. The molecular formula is C24H31ClN2O3S. The second-order valence-electron chi connectivity index (χ2n) is 9.02. The van der Waals surface area contributed by atoms with E-state index in [2.05, 4.69) is 31.3 Å². The van der Waals surface area contributed by atoms with Crippen molar-refractivity contribution in [2.24, 2.45) is 5.92 Å². The molecule has 2 aromatic rings. The fraction of sp³-hybridized carbons (Fsp3) is 0.458. The molecule has 0 spiro atoms. The minimum absolute atomic E-state index is 0.0223. The fourth-order valence-electron chi connectivity index (χ4n) is 4.31. The van der Waals surface area contributed by atoms with Gasteiger partial charge in [-0.2, -0.15) is 4.31 Å². The van der Waals surface area contributed by atoms with Gasteiger partial charge in [-0.05, 0) is 61.4 Å².